The van der Waals surface area contributed by atoms with Gasteiger partial charge in [0.1, 0.15) is 5.75 Å². The van der Waals surface area contributed by atoms with Crippen LogP contribution in [0.1, 0.15) is 29.5 Å². The number of benzene rings is 2. The van der Waals surface area contributed by atoms with Gasteiger partial charge in [-0.3, -0.25) is 19.6 Å². The molecule has 2 aromatic carbocycles. The van der Waals surface area contributed by atoms with Crippen molar-refractivity contribution in [3.63, 3.8) is 0 Å². The van der Waals surface area contributed by atoms with E-state index in [1.165, 1.54) is 12.2 Å². The predicted molar refractivity (Wildman–Crippen MR) is 137 cm³/mol. The van der Waals surface area contributed by atoms with E-state index in [9.17, 15) is 59.1 Å². The van der Waals surface area contributed by atoms with Crippen LogP contribution in [0.15, 0.2) is 72.5 Å². The minimum absolute atomic E-state index is 0.0898. The molecule has 1 aliphatic rings. The highest BCUT2D eigenvalue weighted by Gasteiger charge is 2.37. The Hall–Kier alpha value is -4.80. The lowest BCUT2D eigenvalue weighted by Crippen LogP contribution is -2.32. The minimum Gasteiger partial charge on any atom is -0.481 e. The van der Waals surface area contributed by atoms with Gasteiger partial charge >= 0.3 is 24.7 Å². The van der Waals surface area contributed by atoms with Crippen molar-refractivity contribution in [1.29, 1.82) is 0 Å². The Bertz CT molecular complexity index is 1490. The molecule has 45 heavy (non-hydrogen) atoms. The van der Waals surface area contributed by atoms with Crippen LogP contribution >= 0.6 is 0 Å². The maximum atomic E-state index is 13.5. The normalized spacial score (nSPS) is 15.7. The van der Waals surface area contributed by atoms with Gasteiger partial charge in [-0.05, 0) is 42.3 Å². The molecule has 2 aromatic rings. The molecule has 0 aliphatic heterocycles. The minimum atomic E-state index is -5.26. The number of carbonyl (C=O) groups is 3. The molecule has 0 fully saturated rings. The smallest absolute Gasteiger partial charge is 0.481 e. The van der Waals surface area contributed by atoms with E-state index in [1.54, 1.807) is 0 Å². The van der Waals surface area contributed by atoms with Crippen molar-refractivity contribution in [2.24, 2.45) is 5.92 Å². The maximum Gasteiger partial charge on any atom is 0.573 e. The summed E-state index contributed by atoms with van der Waals surface area (Å²) in [4.78, 5) is 36.4. The van der Waals surface area contributed by atoms with Crippen molar-refractivity contribution >= 4 is 28.9 Å². The van der Waals surface area contributed by atoms with E-state index in [0.29, 0.717) is 6.20 Å². The zero-order chi connectivity index (χ0) is 33.7. The highest BCUT2D eigenvalue weighted by molar-refractivity contribution is 6.30. The lowest BCUT2D eigenvalue weighted by atomic mass is 9.90. The molecule has 0 saturated heterocycles. The number of ketones is 1. The van der Waals surface area contributed by atoms with Crippen LogP contribution in [0.4, 0.5) is 45.2 Å². The molecule has 0 bridgehead atoms. The highest BCUT2D eigenvalue weighted by Crippen LogP contribution is 2.39. The van der Waals surface area contributed by atoms with Gasteiger partial charge in [0.15, 0.2) is 5.78 Å². The van der Waals surface area contributed by atoms with Crippen LogP contribution in [0.2, 0.25) is 0 Å². The van der Waals surface area contributed by atoms with Gasteiger partial charge in [-0.25, -0.2) is 5.06 Å². The molecule has 1 atom stereocenters. The summed E-state index contributed by atoms with van der Waals surface area (Å²) in [6.45, 7) is -0.174. The molecule has 0 aromatic heterocycles. The SMILES string of the molecule is O=C(O)CCNC(=O)C1C=CC(C(=O)/C(=C\N(O)c2cc(C(F)(F)F)cc(C(F)(F)F)c2)c2ccc(OC(F)(F)F)cc2)=CC1. The number of amides is 1. The molecule has 3 rings (SSSR count). The van der Waals surface area contributed by atoms with Crippen LogP contribution in [0.3, 0.4) is 0 Å². The topological polar surface area (TPSA) is 116 Å². The summed E-state index contributed by atoms with van der Waals surface area (Å²) in [5, 5.41) is 21.5. The summed E-state index contributed by atoms with van der Waals surface area (Å²) in [7, 11) is 0. The number of allylic oxidation sites excluding steroid dienone is 4. The monoisotopic (exact) mass is 652 g/mol. The van der Waals surface area contributed by atoms with Crippen LogP contribution in [0.25, 0.3) is 5.57 Å². The quantitative estimate of drug-likeness (QED) is 0.152. The number of aliphatic carboxylic acids is 1. The van der Waals surface area contributed by atoms with Crippen LogP contribution in [0.5, 0.6) is 5.75 Å². The van der Waals surface area contributed by atoms with Gasteiger partial charge in [0.25, 0.3) is 0 Å². The third-order valence-electron chi connectivity index (χ3n) is 6.07. The van der Waals surface area contributed by atoms with E-state index < -0.39 is 70.4 Å². The molecule has 0 spiro atoms. The molecule has 1 unspecified atom stereocenters. The first-order valence-corrected chi connectivity index (χ1v) is 12.5. The molecule has 1 aliphatic carbocycles. The summed E-state index contributed by atoms with van der Waals surface area (Å²) in [5.74, 6) is -4.26. The fraction of sp³-hybridized carbons (Fsp3) is 0.250. The number of carbonyl (C=O) groups excluding carboxylic acids is 2. The largest absolute Gasteiger partial charge is 0.573 e. The Morgan fingerprint density at radius 2 is 1.51 bits per heavy atom. The number of hydroxylamine groups is 1. The van der Waals surface area contributed by atoms with Crippen molar-refractivity contribution in [1.82, 2.24) is 5.32 Å². The number of anilines is 1. The number of hydrogen-bond acceptors (Lipinski definition) is 6. The van der Waals surface area contributed by atoms with E-state index in [2.05, 4.69) is 10.1 Å². The van der Waals surface area contributed by atoms with Crippen molar-refractivity contribution in [2.75, 3.05) is 11.6 Å². The average Bonchev–Trinajstić information content (AvgIpc) is 2.94. The molecule has 1 amide bonds. The van der Waals surface area contributed by atoms with E-state index >= 15 is 0 Å². The van der Waals surface area contributed by atoms with E-state index in [0.717, 1.165) is 30.3 Å². The summed E-state index contributed by atoms with van der Waals surface area (Å²) >= 11 is 0. The number of hydrogen-bond donors (Lipinski definition) is 3. The first-order chi connectivity index (χ1) is 20.7. The number of rotatable bonds is 10. The number of carboxylic acids is 1. The number of nitrogens with zero attached hydrogens (tertiary/aromatic N) is 1. The first-order valence-electron chi connectivity index (χ1n) is 12.5. The second kappa shape index (κ2) is 13.5. The number of nitrogens with one attached hydrogen (secondary N) is 1. The van der Waals surface area contributed by atoms with Gasteiger partial charge in [0.2, 0.25) is 5.91 Å². The van der Waals surface area contributed by atoms with Crippen LogP contribution in [0, 0.1) is 5.92 Å². The second-order valence-electron chi connectivity index (χ2n) is 9.35. The second-order valence-corrected chi connectivity index (χ2v) is 9.35. The Morgan fingerprint density at radius 1 is 0.933 bits per heavy atom. The zero-order valence-electron chi connectivity index (χ0n) is 22.4. The fourth-order valence-corrected chi connectivity index (χ4v) is 3.93. The van der Waals surface area contributed by atoms with E-state index in [1.807, 2.05) is 0 Å². The molecule has 242 valence electrons. The lowest BCUT2D eigenvalue weighted by Gasteiger charge is -2.20. The van der Waals surface area contributed by atoms with E-state index in [4.69, 9.17) is 5.11 Å². The molecule has 17 heteroatoms. The number of Topliss-reactive ketones (excluding diaryl/α,β-unsaturated/α-hetero) is 1. The number of halogens is 9. The Labute approximate surface area is 247 Å². The Kier molecular flexibility index (Phi) is 10.4. The molecule has 0 heterocycles. The average molecular weight is 652 g/mol. The first kappa shape index (κ1) is 34.7. The third-order valence-corrected chi connectivity index (χ3v) is 6.07. The number of ether oxygens (including phenoxy) is 1. The molecular weight excluding hydrogens is 631 g/mol. The lowest BCUT2D eigenvalue weighted by molar-refractivity contribution is -0.274. The maximum absolute atomic E-state index is 13.5. The van der Waals surface area contributed by atoms with Gasteiger partial charge < -0.3 is 15.2 Å². The van der Waals surface area contributed by atoms with Gasteiger partial charge in [0, 0.05) is 23.9 Å². The molecule has 8 nitrogen and oxygen atoms in total. The van der Waals surface area contributed by atoms with Gasteiger partial charge in [-0.1, -0.05) is 30.4 Å². The zero-order valence-corrected chi connectivity index (χ0v) is 22.4. The Morgan fingerprint density at radius 3 is 1.98 bits per heavy atom. The van der Waals surface area contributed by atoms with Crippen LogP contribution < -0.4 is 15.1 Å². The van der Waals surface area contributed by atoms with Gasteiger partial charge in [-0.15, -0.1) is 13.2 Å². The summed E-state index contributed by atoms with van der Waals surface area (Å²) in [5.41, 5.74) is -5.55. The fourth-order valence-electron chi connectivity index (χ4n) is 3.93. The summed E-state index contributed by atoms with van der Waals surface area (Å²) < 4.78 is 122. The summed E-state index contributed by atoms with van der Waals surface area (Å²) in [6, 6.07) is 3.59. The molecular formula is C28H21F9N2O6. The van der Waals surface area contributed by atoms with E-state index in [-0.39, 0.29) is 53.8 Å². The molecule has 0 saturated carbocycles. The van der Waals surface area contributed by atoms with Crippen molar-refractivity contribution in [3.8, 4) is 5.75 Å². The van der Waals surface area contributed by atoms with Crippen molar-refractivity contribution < 1.29 is 68.9 Å². The van der Waals surface area contributed by atoms with Crippen molar-refractivity contribution in [2.45, 2.75) is 31.6 Å². The van der Waals surface area contributed by atoms with Gasteiger partial charge in [0.05, 0.1) is 29.2 Å². The number of alkyl halides is 9. The summed E-state index contributed by atoms with van der Waals surface area (Å²) in [6.07, 6.45) is -11.9. The third kappa shape index (κ3) is 9.85. The standard InChI is InChI=1S/C28H21F9N2O6/c29-26(30,31)18-11-19(27(32,33)34)13-20(12-18)39(44)14-22(15-5-7-21(8-6-15)45-28(35,36)37)24(42)16-1-3-17(4-2-16)25(43)38-10-9-23(40)41/h1-3,5-8,11-14,17,44H,4,9-10H2,(H,38,43)(H,40,41)/b22-14-. The molecule has 3 N–H and O–H groups in total. The number of carboxylic acid groups (broad SMARTS) is 1. The van der Waals surface area contributed by atoms with Crippen LogP contribution in [-0.4, -0.2) is 40.9 Å². The highest BCUT2D eigenvalue weighted by atomic mass is 19.4. The predicted octanol–water partition coefficient (Wildman–Crippen LogP) is 6.52. The molecule has 0 radical (unpaired) electrons. The van der Waals surface area contributed by atoms with Gasteiger partial charge in [-0.2, -0.15) is 26.3 Å². The Balaban J connectivity index is 2.01. The van der Waals surface area contributed by atoms with Crippen molar-refractivity contribution in [3.05, 3.63) is 89.2 Å². The van der Waals surface area contributed by atoms with Crippen LogP contribution in [-0.2, 0) is 26.7 Å².